The van der Waals surface area contributed by atoms with Crippen LogP contribution in [0.5, 0.6) is 0 Å². The van der Waals surface area contributed by atoms with Crippen molar-refractivity contribution in [3.8, 4) is 11.4 Å². The molecule has 0 spiro atoms. The molecular formula is C13H18FN5O2. The Kier molecular flexibility index (Phi) is 5.59. The summed E-state index contributed by atoms with van der Waals surface area (Å²) < 4.78 is 25.2. The summed E-state index contributed by atoms with van der Waals surface area (Å²) in [6.45, 7) is 2.25. The average Bonchev–Trinajstić information content (AvgIpc) is 2.93. The number of rotatable bonds is 8. The molecule has 0 aliphatic heterocycles. The van der Waals surface area contributed by atoms with Gasteiger partial charge in [-0.05, 0) is 35.0 Å². The van der Waals surface area contributed by atoms with Crippen molar-refractivity contribution in [1.29, 1.82) is 0 Å². The van der Waals surface area contributed by atoms with Gasteiger partial charge in [0.05, 0.1) is 13.2 Å². The highest BCUT2D eigenvalue weighted by Crippen LogP contribution is 2.24. The molecule has 0 bridgehead atoms. The van der Waals surface area contributed by atoms with Crippen molar-refractivity contribution in [2.24, 2.45) is 0 Å². The lowest BCUT2D eigenvalue weighted by molar-refractivity contribution is 0.0677. The predicted molar refractivity (Wildman–Crippen MR) is 74.9 cm³/mol. The SMILES string of the molecule is COCCOCCCn1nnnc1-c1cc(F)ccc1N. The van der Waals surface area contributed by atoms with Crippen molar-refractivity contribution in [3.05, 3.63) is 24.0 Å². The third-order valence-corrected chi connectivity index (χ3v) is 2.88. The Morgan fingerprint density at radius 3 is 2.95 bits per heavy atom. The van der Waals surface area contributed by atoms with Gasteiger partial charge in [0, 0.05) is 31.5 Å². The highest BCUT2D eigenvalue weighted by Gasteiger charge is 2.12. The van der Waals surface area contributed by atoms with Gasteiger partial charge in [0.15, 0.2) is 5.82 Å². The van der Waals surface area contributed by atoms with Crippen LogP contribution < -0.4 is 5.73 Å². The summed E-state index contributed by atoms with van der Waals surface area (Å²) in [6, 6.07) is 4.13. The van der Waals surface area contributed by atoms with Crippen molar-refractivity contribution in [2.45, 2.75) is 13.0 Å². The van der Waals surface area contributed by atoms with E-state index in [0.717, 1.165) is 6.42 Å². The van der Waals surface area contributed by atoms with Crippen molar-refractivity contribution in [1.82, 2.24) is 20.2 Å². The summed E-state index contributed by atoms with van der Waals surface area (Å²) in [7, 11) is 1.63. The summed E-state index contributed by atoms with van der Waals surface area (Å²) in [6.07, 6.45) is 0.733. The minimum Gasteiger partial charge on any atom is -0.398 e. The highest BCUT2D eigenvalue weighted by molar-refractivity contribution is 5.71. The predicted octanol–water partition coefficient (Wildman–Crippen LogP) is 1.11. The maximum absolute atomic E-state index is 13.3. The number of tetrazole rings is 1. The largest absolute Gasteiger partial charge is 0.398 e. The highest BCUT2D eigenvalue weighted by atomic mass is 19.1. The molecule has 21 heavy (non-hydrogen) atoms. The first-order chi connectivity index (χ1) is 10.2. The molecule has 0 radical (unpaired) electrons. The maximum atomic E-state index is 13.3. The first-order valence-electron chi connectivity index (χ1n) is 6.60. The summed E-state index contributed by atoms with van der Waals surface area (Å²) in [5, 5.41) is 11.4. The zero-order chi connectivity index (χ0) is 15.1. The van der Waals surface area contributed by atoms with Crippen LogP contribution in [0, 0.1) is 5.82 Å². The molecule has 0 saturated carbocycles. The molecule has 7 nitrogen and oxygen atoms in total. The number of aryl methyl sites for hydroxylation is 1. The number of nitrogens with two attached hydrogens (primary N) is 1. The molecule has 2 N–H and O–H groups in total. The first-order valence-corrected chi connectivity index (χ1v) is 6.60. The molecule has 1 heterocycles. The number of anilines is 1. The molecule has 0 saturated heterocycles. The van der Waals surface area contributed by atoms with Gasteiger partial charge >= 0.3 is 0 Å². The van der Waals surface area contributed by atoms with E-state index in [1.54, 1.807) is 11.8 Å². The molecule has 0 atom stereocenters. The molecule has 0 fully saturated rings. The Morgan fingerprint density at radius 1 is 1.29 bits per heavy atom. The van der Waals surface area contributed by atoms with Crippen molar-refractivity contribution < 1.29 is 13.9 Å². The molecule has 1 aromatic heterocycles. The molecule has 2 aromatic rings. The van der Waals surface area contributed by atoms with Gasteiger partial charge in [-0.3, -0.25) is 0 Å². The van der Waals surface area contributed by atoms with Gasteiger partial charge in [-0.25, -0.2) is 9.07 Å². The Hall–Kier alpha value is -2.06. The van der Waals surface area contributed by atoms with E-state index in [4.69, 9.17) is 15.2 Å². The number of nitrogens with zero attached hydrogens (tertiary/aromatic N) is 4. The van der Waals surface area contributed by atoms with E-state index in [1.807, 2.05) is 0 Å². The molecule has 114 valence electrons. The molecule has 0 aliphatic rings. The molecule has 1 aromatic carbocycles. The van der Waals surface area contributed by atoms with Crippen LogP contribution in [0.3, 0.4) is 0 Å². The van der Waals surface area contributed by atoms with Gasteiger partial charge in [0.25, 0.3) is 0 Å². The van der Waals surface area contributed by atoms with Crippen LogP contribution >= 0.6 is 0 Å². The van der Waals surface area contributed by atoms with Crippen LogP contribution in [-0.4, -0.2) is 47.1 Å². The fraction of sp³-hybridized carbons (Fsp3) is 0.462. The van der Waals surface area contributed by atoms with E-state index in [-0.39, 0.29) is 5.82 Å². The summed E-state index contributed by atoms with van der Waals surface area (Å²) in [5.41, 5.74) is 6.77. The van der Waals surface area contributed by atoms with Crippen molar-refractivity contribution >= 4 is 5.69 Å². The second-order valence-electron chi connectivity index (χ2n) is 4.42. The van der Waals surface area contributed by atoms with E-state index in [9.17, 15) is 4.39 Å². The maximum Gasteiger partial charge on any atom is 0.184 e. The lowest BCUT2D eigenvalue weighted by atomic mass is 10.1. The standard InChI is InChI=1S/C13H18FN5O2/c1-20-7-8-21-6-2-5-19-13(16-17-18-19)11-9-10(14)3-4-12(11)15/h3-4,9H,2,5-8,15H2,1H3. The van der Waals surface area contributed by atoms with E-state index >= 15 is 0 Å². The normalized spacial score (nSPS) is 11.0. The van der Waals surface area contributed by atoms with Crippen LogP contribution in [0.15, 0.2) is 18.2 Å². The number of hydrogen-bond acceptors (Lipinski definition) is 6. The Morgan fingerprint density at radius 2 is 2.14 bits per heavy atom. The number of methoxy groups -OCH3 is 1. The number of aromatic nitrogens is 4. The third-order valence-electron chi connectivity index (χ3n) is 2.88. The fourth-order valence-corrected chi connectivity index (χ4v) is 1.83. The first kappa shape index (κ1) is 15.3. The van der Waals surface area contributed by atoms with Gasteiger partial charge in [-0.2, -0.15) is 0 Å². The van der Waals surface area contributed by atoms with Crippen LogP contribution in [0.25, 0.3) is 11.4 Å². The van der Waals surface area contributed by atoms with Crippen molar-refractivity contribution in [3.63, 3.8) is 0 Å². The quantitative estimate of drug-likeness (QED) is 0.580. The number of benzene rings is 1. The van der Waals surface area contributed by atoms with Crippen LogP contribution in [-0.2, 0) is 16.0 Å². The number of nitrogen functional groups attached to an aromatic ring is 1. The van der Waals surface area contributed by atoms with Crippen LogP contribution in [0.4, 0.5) is 10.1 Å². The van der Waals surface area contributed by atoms with Gasteiger partial charge in [0.2, 0.25) is 0 Å². The van der Waals surface area contributed by atoms with Crippen LogP contribution in [0.1, 0.15) is 6.42 Å². The summed E-state index contributed by atoms with van der Waals surface area (Å²) >= 11 is 0. The number of halogens is 1. The topological polar surface area (TPSA) is 88.1 Å². The van der Waals surface area contributed by atoms with Gasteiger partial charge < -0.3 is 15.2 Å². The minimum absolute atomic E-state index is 0.378. The minimum atomic E-state index is -0.378. The lowest BCUT2D eigenvalue weighted by Crippen LogP contribution is -2.09. The van der Waals surface area contributed by atoms with Crippen LogP contribution in [0.2, 0.25) is 0 Å². The Bertz CT molecular complexity index is 575. The van der Waals surface area contributed by atoms with Gasteiger partial charge in [0.1, 0.15) is 5.82 Å². The zero-order valence-electron chi connectivity index (χ0n) is 11.8. The van der Waals surface area contributed by atoms with Crippen molar-refractivity contribution in [2.75, 3.05) is 32.7 Å². The zero-order valence-corrected chi connectivity index (χ0v) is 11.8. The van der Waals surface area contributed by atoms with E-state index in [2.05, 4.69) is 15.5 Å². The molecule has 0 aliphatic carbocycles. The monoisotopic (exact) mass is 295 g/mol. The summed E-state index contributed by atoms with van der Waals surface area (Å²) in [4.78, 5) is 0. The average molecular weight is 295 g/mol. The fourth-order valence-electron chi connectivity index (χ4n) is 1.83. The number of hydrogen-bond donors (Lipinski definition) is 1. The Labute approximate surface area is 121 Å². The van der Waals surface area contributed by atoms with E-state index in [0.29, 0.717) is 43.4 Å². The summed E-state index contributed by atoms with van der Waals surface area (Å²) in [5.74, 6) is 0.0699. The molecule has 0 amide bonds. The third kappa shape index (κ3) is 4.20. The second kappa shape index (κ2) is 7.65. The molecule has 0 unspecified atom stereocenters. The Balaban J connectivity index is 1.97. The molecule has 8 heteroatoms. The lowest BCUT2D eigenvalue weighted by Gasteiger charge is -2.07. The smallest absolute Gasteiger partial charge is 0.184 e. The van der Waals surface area contributed by atoms with E-state index in [1.165, 1.54) is 18.2 Å². The second-order valence-corrected chi connectivity index (χ2v) is 4.42. The van der Waals surface area contributed by atoms with Gasteiger partial charge in [-0.15, -0.1) is 5.10 Å². The van der Waals surface area contributed by atoms with Gasteiger partial charge in [-0.1, -0.05) is 0 Å². The molecular weight excluding hydrogens is 277 g/mol. The number of ether oxygens (including phenoxy) is 2. The van der Waals surface area contributed by atoms with E-state index < -0.39 is 0 Å². The molecule has 2 rings (SSSR count).